The second kappa shape index (κ2) is 2.01. The predicted molar refractivity (Wildman–Crippen MR) is 43.1 cm³/mol. The maximum atomic E-state index is 9.67. The molecule has 0 aromatic heterocycles. The highest BCUT2D eigenvalue weighted by atomic mass is 16.3. The molecule has 3 rings (SSSR count). The highest BCUT2D eigenvalue weighted by molar-refractivity contribution is 5.06. The van der Waals surface area contributed by atoms with Crippen molar-refractivity contribution in [2.24, 2.45) is 23.7 Å². The van der Waals surface area contributed by atoms with Gasteiger partial charge < -0.3 is 5.11 Å². The zero-order valence-electron chi connectivity index (χ0n) is 6.87. The van der Waals surface area contributed by atoms with Crippen molar-refractivity contribution in [3.05, 3.63) is 0 Å². The Labute approximate surface area is 67.8 Å². The fourth-order valence-corrected chi connectivity index (χ4v) is 4.02. The Morgan fingerprint density at radius 1 is 0.818 bits per heavy atom. The summed E-state index contributed by atoms with van der Waals surface area (Å²) in [5, 5.41) is 9.67. The lowest BCUT2D eigenvalue weighted by atomic mass is 9.59. The van der Waals surface area contributed by atoms with Crippen LogP contribution in [0.1, 0.15) is 32.1 Å². The maximum absolute atomic E-state index is 9.67. The Morgan fingerprint density at radius 3 is 2.45 bits per heavy atom. The first kappa shape index (κ1) is 6.47. The van der Waals surface area contributed by atoms with Crippen LogP contribution >= 0.6 is 0 Å². The van der Waals surface area contributed by atoms with Gasteiger partial charge in [0.05, 0.1) is 6.10 Å². The van der Waals surface area contributed by atoms with Crippen molar-refractivity contribution in [3.63, 3.8) is 0 Å². The second-order valence-corrected chi connectivity index (χ2v) is 4.64. The molecule has 0 unspecified atom stereocenters. The van der Waals surface area contributed by atoms with E-state index >= 15 is 0 Å². The molecular weight excluding hydrogens is 136 g/mol. The van der Waals surface area contributed by atoms with E-state index in [-0.39, 0.29) is 6.10 Å². The highest BCUT2D eigenvalue weighted by Crippen LogP contribution is 2.61. The van der Waals surface area contributed by atoms with Crippen LogP contribution in [0.3, 0.4) is 0 Å². The third-order valence-corrected chi connectivity index (χ3v) is 4.40. The quantitative estimate of drug-likeness (QED) is 0.561. The SMILES string of the molecule is O[C@@H]1CC[C@@H]2[C@@H]3CCC[C@@H]3[C@H]21. The minimum absolute atomic E-state index is 0.0827. The van der Waals surface area contributed by atoms with Crippen molar-refractivity contribution >= 4 is 0 Å². The monoisotopic (exact) mass is 152 g/mol. The van der Waals surface area contributed by atoms with E-state index < -0.39 is 0 Å². The first-order valence-electron chi connectivity index (χ1n) is 5.06. The van der Waals surface area contributed by atoms with Crippen LogP contribution in [0.2, 0.25) is 0 Å². The number of hydrogen-bond donors (Lipinski definition) is 1. The van der Waals surface area contributed by atoms with Crippen molar-refractivity contribution < 1.29 is 5.11 Å². The predicted octanol–water partition coefficient (Wildman–Crippen LogP) is 1.80. The van der Waals surface area contributed by atoms with Gasteiger partial charge in [-0.15, -0.1) is 0 Å². The van der Waals surface area contributed by atoms with Gasteiger partial charge >= 0.3 is 0 Å². The van der Waals surface area contributed by atoms with Gasteiger partial charge in [-0.3, -0.25) is 0 Å². The molecule has 5 atom stereocenters. The van der Waals surface area contributed by atoms with Crippen molar-refractivity contribution in [3.8, 4) is 0 Å². The van der Waals surface area contributed by atoms with Crippen molar-refractivity contribution in [1.82, 2.24) is 0 Å². The van der Waals surface area contributed by atoms with Crippen LogP contribution in [-0.4, -0.2) is 11.2 Å². The summed E-state index contributed by atoms with van der Waals surface area (Å²) in [6, 6.07) is 0. The summed E-state index contributed by atoms with van der Waals surface area (Å²) in [5.74, 6) is 3.66. The van der Waals surface area contributed by atoms with Gasteiger partial charge in [0.2, 0.25) is 0 Å². The highest BCUT2D eigenvalue weighted by Gasteiger charge is 2.57. The molecule has 11 heavy (non-hydrogen) atoms. The zero-order chi connectivity index (χ0) is 7.42. The lowest BCUT2D eigenvalue weighted by Crippen LogP contribution is -2.44. The van der Waals surface area contributed by atoms with Gasteiger partial charge in [0.1, 0.15) is 0 Å². The van der Waals surface area contributed by atoms with Gasteiger partial charge in [0, 0.05) is 0 Å². The first-order chi connectivity index (χ1) is 5.38. The Morgan fingerprint density at radius 2 is 1.55 bits per heavy atom. The van der Waals surface area contributed by atoms with Crippen LogP contribution in [0.5, 0.6) is 0 Å². The molecule has 0 saturated heterocycles. The van der Waals surface area contributed by atoms with E-state index in [1.807, 2.05) is 0 Å². The largest absolute Gasteiger partial charge is 0.393 e. The average molecular weight is 152 g/mol. The molecule has 0 heterocycles. The first-order valence-corrected chi connectivity index (χ1v) is 5.06. The van der Waals surface area contributed by atoms with Crippen LogP contribution < -0.4 is 0 Å². The summed E-state index contributed by atoms with van der Waals surface area (Å²) >= 11 is 0. The number of fused-ring (bicyclic) bond motifs is 4. The zero-order valence-corrected chi connectivity index (χ0v) is 6.87. The smallest absolute Gasteiger partial charge is 0.0574 e. The second-order valence-electron chi connectivity index (χ2n) is 4.64. The lowest BCUT2D eigenvalue weighted by Gasteiger charge is -2.46. The average Bonchev–Trinajstić information content (AvgIpc) is 2.43. The van der Waals surface area contributed by atoms with Gasteiger partial charge in [-0.05, 0) is 49.4 Å². The Bertz CT molecular complexity index is 172. The van der Waals surface area contributed by atoms with Crippen LogP contribution in [0.15, 0.2) is 0 Å². The minimum atomic E-state index is 0.0827. The van der Waals surface area contributed by atoms with E-state index in [0.29, 0.717) is 0 Å². The van der Waals surface area contributed by atoms with Gasteiger partial charge in [-0.1, -0.05) is 6.42 Å². The molecule has 0 aromatic carbocycles. The number of rotatable bonds is 0. The van der Waals surface area contributed by atoms with Gasteiger partial charge in [0.15, 0.2) is 0 Å². The molecule has 1 heteroatoms. The molecule has 0 aromatic rings. The van der Waals surface area contributed by atoms with E-state index in [9.17, 15) is 5.11 Å². The molecule has 3 aliphatic rings. The summed E-state index contributed by atoms with van der Waals surface area (Å²) in [7, 11) is 0. The van der Waals surface area contributed by atoms with Crippen LogP contribution in [0.25, 0.3) is 0 Å². The van der Waals surface area contributed by atoms with E-state index in [2.05, 4.69) is 0 Å². The molecule has 3 fully saturated rings. The lowest BCUT2D eigenvalue weighted by molar-refractivity contribution is -0.0358. The molecular formula is C10H16O. The van der Waals surface area contributed by atoms with Gasteiger partial charge in [-0.25, -0.2) is 0 Å². The summed E-state index contributed by atoms with van der Waals surface area (Å²) < 4.78 is 0. The summed E-state index contributed by atoms with van der Waals surface area (Å²) in [6.07, 6.45) is 6.84. The normalized spacial score (nSPS) is 60.3. The van der Waals surface area contributed by atoms with Crippen molar-refractivity contribution in [1.29, 1.82) is 0 Å². The van der Waals surface area contributed by atoms with Gasteiger partial charge in [-0.2, -0.15) is 0 Å². The molecule has 3 saturated carbocycles. The number of aliphatic hydroxyl groups excluding tert-OH is 1. The van der Waals surface area contributed by atoms with E-state index in [1.54, 1.807) is 0 Å². The Hall–Kier alpha value is -0.0400. The topological polar surface area (TPSA) is 20.2 Å². The van der Waals surface area contributed by atoms with Crippen LogP contribution in [0, 0.1) is 23.7 Å². The summed E-state index contributed by atoms with van der Waals surface area (Å²) in [6.45, 7) is 0. The van der Waals surface area contributed by atoms with Gasteiger partial charge in [0.25, 0.3) is 0 Å². The van der Waals surface area contributed by atoms with Crippen molar-refractivity contribution in [2.45, 2.75) is 38.2 Å². The maximum Gasteiger partial charge on any atom is 0.0574 e. The summed E-state index contributed by atoms with van der Waals surface area (Å²) in [4.78, 5) is 0. The molecule has 0 spiro atoms. The molecule has 1 N–H and O–H groups in total. The molecule has 62 valence electrons. The number of aliphatic hydroxyl groups is 1. The van der Waals surface area contributed by atoms with Crippen molar-refractivity contribution in [2.75, 3.05) is 0 Å². The molecule has 1 nitrogen and oxygen atoms in total. The fourth-order valence-electron chi connectivity index (χ4n) is 4.02. The van der Waals surface area contributed by atoms with E-state index in [0.717, 1.165) is 30.1 Å². The van der Waals surface area contributed by atoms with Crippen LogP contribution in [0.4, 0.5) is 0 Å². The third kappa shape index (κ3) is 0.658. The third-order valence-electron chi connectivity index (χ3n) is 4.40. The molecule has 0 radical (unpaired) electrons. The fraction of sp³-hybridized carbons (Fsp3) is 1.00. The molecule has 0 amide bonds. The van der Waals surface area contributed by atoms with E-state index in [1.165, 1.54) is 25.7 Å². The standard InChI is InChI=1S/C10H16O/c11-9-5-4-8-6-2-1-3-7(6)10(8)9/h6-11H,1-5H2/t6-,7+,8-,9-,10-/m1/s1. The van der Waals surface area contributed by atoms with E-state index in [4.69, 9.17) is 0 Å². The molecule has 3 aliphatic carbocycles. The molecule has 0 aliphatic heterocycles. The molecule has 0 bridgehead atoms. The summed E-state index contributed by atoms with van der Waals surface area (Å²) in [5.41, 5.74) is 0. The van der Waals surface area contributed by atoms with Crippen LogP contribution in [-0.2, 0) is 0 Å². The Kier molecular flexibility index (Phi) is 1.18. The minimum Gasteiger partial charge on any atom is -0.393 e. The Balaban J connectivity index is 1.84. The number of hydrogen-bond acceptors (Lipinski definition) is 1.